The molecule has 2 aromatic rings. The predicted molar refractivity (Wildman–Crippen MR) is 78.9 cm³/mol. The molecule has 0 radical (unpaired) electrons. The van der Waals surface area contributed by atoms with Crippen LogP contribution in [0.25, 0.3) is 0 Å². The second kappa shape index (κ2) is 6.56. The fraction of sp³-hybridized carbons (Fsp3) is 0.200. The highest BCUT2D eigenvalue weighted by molar-refractivity contribution is 5.87. The maximum Gasteiger partial charge on any atom is 0.222 e. The highest BCUT2D eigenvalue weighted by Crippen LogP contribution is 2.14. The summed E-state index contributed by atoms with van der Waals surface area (Å²) in [4.78, 5) is 15.0. The molecule has 1 amide bonds. The van der Waals surface area contributed by atoms with E-state index in [0.29, 0.717) is 12.4 Å². The Labute approximate surface area is 118 Å². The van der Waals surface area contributed by atoms with Gasteiger partial charge in [0.15, 0.2) is 0 Å². The van der Waals surface area contributed by atoms with Crippen LogP contribution in [0.2, 0.25) is 0 Å². The second-order valence-corrected chi connectivity index (χ2v) is 4.31. The molecule has 2 rings (SSSR count). The van der Waals surface area contributed by atoms with Crippen molar-refractivity contribution in [3.63, 3.8) is 0 Å². The van der Waals surface area contributed by atoms with Gasteiger partial charge in [0.1, 0.15) is 11.6 Å². The molecular formula is C15H17N3O2. The largest absolute Gasteiger partial charge is 0.497 e. The van der Waals surface area contributed by atoms with Crippen LogP contribution in [0.15, 0.2) is 42.6 Å². The number of hydrogen-bond acceptors (Lipinski definition) is 4. The van der Waals surface area contributed by atoms with Crippen molar-refractivity contribution in [1.82, 2.24) is 4.98 Å². The Morgan fingerprint density at radius 1 is 1.20 bits per heavy atom. The molecule has 1 aromatic carbocycles. The summed E-state index contributed by atoms with van der Waals surface area (Å²) < 4.78 is 5.11. The standard InChI is InChI=1S/C15H17N3O2/c1-11(19)18-15-8-5-13(10-17-15)16-9-12-3-6-14(20-2)7-4-12/h3-8,10,16H,9H2,1-2H3,(H,17,18,19). The number of methoxy groups -OCH3 is 1. The zero-order chi connectivity index (χ0) is 14.4. The third-order valence-corrected chi connectivity index (χ3v) is 2.72. The number of pyridine rings is 1. The summed E-state index contributed by atoms with van der Waals surface area (Å²) in [7, 11) is 1.65. The predicted octanol–water partition coefficient (Wildman–Crippen LogP) is 2.66. The van der Waals surface area contributed by atoms with Crippen LogP contribution >= 0.6 is 0 Å². The molecule has 0 atom stereocenters. The monoisotopic (exact) mass is 271 g/mol. The fourth-order valence-corrected chi connectivity index (χ4v) is 1.70. The van der Waals surface area contributed by atoms with Gasteiger partial charge in [-0.05, 0) is 29.8 Å². The van der Waals surface area contributed by atoms with E-state index in [1.807, 2.05) is 30.3 Å². The SMILES string of the molecule is COc1ccc(CNc2ccc(NC(C)=O)nc2)cc1. The van der Waals surface area contributed by atoms with Gasteiger partial charge in [-0.1, -0.05) is 12.1 Å². The van der Waals surface area contributed by atoms with Gasteiger partial charge in [-0.3, -0.25) is 4.79 Å². The molecule has 0 aliphatic carbocycles. The van der Waals surface area contributed by atoms with E-state index in [-0.39, 0.29) is 5.91 Å². The maximum absolute atomic E-state index is 10.9. The van der Waals surface area contributed by atoms with Crippen LogP contribution in [0, 0.1) is 0 Å². The molecule has 5 heteroatoms. The molecule has 0 bridgehead atoms. The number of nitrogens with zero attached hydrogens (tertiary/aromatic N) is 1. The number of carbonyl (C=O) groups excluding carboxylic acids is 1. The number of benzene rings is 1. The molecule has 0 saturated heterocycles. The van der Waals surface area contributed by atoms with E-state index in [1.54, 1.807) is 19.4 Å². The van der Waals surface area contributed by atoms with Crippen molar-refractivity contribution in [2.45, 2.75) is 13.5 Å². The number of amides is 1. The van der Waals surface area contributed by atoms with Gasteiger partial charge < -0.3 is 15.4 Å². The van der Waals surface area contributed by atoms with Gasteiger partial charge in [0.05, 0.1) is 19.0 Å². The number of hydrogen-bond donors (Lipinski definition) is 2. The number of anilines is 2. The zero-order valence-electron chi connectivity index (χ0n) is 11.5. The number of carbonyl (C=O) groups is 1. The maximum atomic E-state index is 10.9. The van der Waals surface area contributed by atoms with E-state index in [1.165, 1.54) is 6.92 Å². The Morgan fingerprint density at radius 2 is 1.95 bits per heavy atom. The van der Waals surface area contributed by atoms with Gasteiger partial charge in [0, 0.05) is 13.5 Å². The topological polar surface area (TPSA) is 63.2 Å². The van der Waals surface area contributed by atoms with Crippen LogP contribution in [0.5, 0.6) is 5.75 Å². The number of aromatic nitrogens is 1. The lowest BCUT2D eigenvalue weighted by atomic mass is 10.2. The van der Waals surface area contributed by atoms with E-state index in [4.69, 9.17) is 4.74 Å². The van der Waals surface area contributed by atoms with Crippen LogP contribution in [0.4, 0.5) is 11.5 Å². The third kappa shape index (κ3) is 3.98. The number of ether oxygens (including phenoxy) is 1. The van der Waals surface area contributed by atoms with Gasteiger partial charge in [-0.15, -0.1) is 0 Å². The van der Waals surface area contributed by atoms with Crippen LogP contribution in [0.3, 0.4) is 0 Å². The summed E-state index contributed by atoms with van der Waals surface area (Å²) in [5.74, 6) is 1.26. The van der Waals surface area contributed by atoms with E-state index in [9.17, 15) is 4.79 Å². The Bertz CT molecular complexity index is 565. The first-order chi connectivity index (χ1) is 9.67. The van der Waals surface area contributed by atoms with Crippen molar-refractivity contribution in [3.05, 3.63) is 48.2 Å². The Hall–Kier alpha value is -2.56. The Kier molecular flexibility index (Phi) is 4.55. The van der Waals surface area contributed by atoms with E-state index < -0.39 is 0 Å². The molecule has 0 spiro atoms. The normalized spacial score (nSPS) is 9.90. The summed E-state index contributed by atoms with van der Waals surface area (Å²) in [5, 5.41) is 5.89. The Balaban J connectivity index is 1.91. The lowest BCUT2D eigenvalue weighted by Crippen LogP contribution is -2.07. The minimum Gasteiger partial charge on any atom is -0.497 e. The van der Waals surface area contributed by atoms with Crippen molar-refractivity contribution in [3.8, 4) is 5.75 Å². The van der Waals surface area contributed by atoms with Crippen molar-refractivity contribution >= 4 is 17.4 Å². The quantitative estimate of drug-likeness (QED) is 0.877. The first-order valence-corrected chi connectivity index (χ1v) is 6.28. The molecule has 2 N–H and O–H groups in total. The average Bonchev–Trinajstić information content (AvgIpc) is 2.46. The van der Waals surface area contributed by atoms with Gasteiger partial charge in [-0.2, -0.15) is 0 Å². The first kappa shape index (κ1) is 13.9. The molecule has 0 fully saturated rings. The van der Waals surface area contributed by atoms with Crippen molar-refractivity contribution < 1.29 is 9.53 Å². The smallest absolute Gasteiger partial charge is 0.222 e. The van der Waals surface area contributed by atoms with Gasteiger partial charge >= 0.3 is 0 Å². The number of nitrogens with one attached hydrogen (secondary N) is 2. The molecule has 5 nitrogen and oxygen atoms in total. The highest BCUT2D eigenvalue weighted by atomic mass is 16.5. The van der Waals surface area contributed by atoms with Crippen LogP contribution in [-0.4, -0.2) is 18.0 Å². The molecule has 0 unspecified atom stereocenters. The number of rotatable bonds is 5. The molecule has 1 heterocycles. The average molecular weight is 271 g/mol. The van der Waals surface area contributed by atoms with Crippen molar-refractivity contribution in [1.29, 1.82) is 0 Å². The van der Waals surface area contributed by atoms with Crippen LogP contribution < -0.4 is 15.4 Å². The lowest BCUT2D eigenvalue weighted by molar-refractivity contribution is -0.114. The van der Waals surface area contributed by atoms with E-state index >= 15 is 0 Å². The fourth-order valence-electron chi connectivity index (χ4n) is 1.70. The summed E-state index contributed by atoms with van der Waals surface area (Å²) in [6.45, 7) is 2.16. The molecule has 0 saturated carbocycles. The molecule has 0 aliphatic heterocycles. The second-order valence-electron chi connectivity index (χ2n) is 4.31. The molecule has 1 aromatic heterocycles. The molecule has 104 valence electrons. The third-order valence-electron chi connectivity index (χ3n) is 2.72. The van der Waals surface area contributed by atoms with E-state index in [2.05, 4.69) is 15.6 Å². The van der Waals surface area contributed by atoms with E-state index in [0.717, 1.165) is 17.0 Å². The van der Waals surface area contributed by atoms with Gasteiger partial charge in [0.2, 0.25) is 5.91 Å². The summed E-state index contributed by atoms with van der Waals surface area (Å²) in [6, 6.07) is 11.5. The van der Waals surface area contributed by atoms with Crippen LogP contribution in [-0.2, 0) is 11.3 Å². The lowest BCUT2D eigenvalue weighted by Gasteiger charge is -2.08. The van der Waals surface area contributed by atoms with Crippen molar-refractivity contribution in [2.24, 2.45) is 0 Å². The summed E-state index contributed by atoms with van der Waals surface area (Å²) in [5.41, 5.74) is 2.05. The molecule has 0 aliphatic rings. The highest BCUT2D eigenvalue weighted by Gasteiger charge is 1.98. The van der Waals surface area contributed by atoms with Gasteiger partial charge in [-0.25, -0.2) is 4.98 Å². The first-order valence-electron chi connectivity index (χ1n) is 6.28. The summed E-state index contributed by atoms with van der Waals surface area (Å²) in [6.07, 6.45) is 1.69. The van der Waals surface area contributed by atoms with Gasteiger partial charge in [0.25, 0.3) is 0 Å². The van der Waals surface area contributed by atoms with Crippen molar-refractivity contribution in [2.75, 3.05) is 17.7 Å². The van der Waals surface area contributed by atoms with Crippen LogP contribution in [0.1, 0.15) is 12.5 Å². The Morgan fingerprint density at radius 3 is 2.50 bits per heavy atom. The summed E-state index contributed by atoms with van der Waals surface area (Å²) >= 11 is 0. The zero-order valence-corrected chi connectivity index (χ0v) is 11.5. The minimum atomic E-state index is -0.128. The minimum absolute atomic E-state index is 0.128. The molecule has 20 heavy (non-hydrogen) atoms. The molecular weight excluding hydrogens is 254 g/mol.